The Bertz CT molecular complexity index is 1720. The highest BCUT2D eigenvalue weighted by Gasteiger charge is 2.53. The number of ether oxygens (including phenoxy) is 5. The van der Waals surface area contributed by atoms with Gasteiger partial charge in [-0.15, -0.1) is 0 Å². The molecule has 3 fully saturated rings. The SMILES string of the molecule is CO[C@H]1CCCC(C[C@@H](C)[C@@H]2CC(=O)[C@H](C)/C=C(\C)[C@@H](C)[C@@H](OC)C(=O)[C@H](C)C[C@H](C)/C=C/C=C/C=C(\C)[C@@H](OC)C[C@@H]3CC[C@@H](C)[C@@](O)(O3)C(=O)C(=O)N3CCCC[C@H]3C(=O)O2)C1. The van der Waals surface area contributed by atoms with Crippen molar-refractivity contribution in [1.29, 1.82) is 0 Å². The van der Waals surface area contributed by atoms with Gasteiger partial charge in [0.2, 0.25) is 5.79 Å². The maximum absolute atomic E-state index is 14.4. The zero-order valence-electron chi connectivity index (χ0n) is 40.8. The Labute approximate surface area is 383 Å². The topological polar surface area (TPSA) is 155 Å². The summed E-state index contributed by atoms with van der Waals surface area (Å²) < 4.78 is 29.9. The zero-order chi connectivity index (χ0) is 47.3. The molecule has 1 N–H and O–H groups in total. The number of piperidine rings is 1. The normalized spacial score (nSPS) is 39.7. The summed E-state index contributed by atoms with van der Waals surface area (Å²) in [4.78, 5) is 72.1. The van der Waals surface area contributed by atoms with Gasteiger partial charge in [0, 0.05) is 64.4 Å². The van der Waals surface area contributed by atoms with Gasteiger partial charge in [-0.2, -0.15) is 0 Å². The molecule has 360 valence electrons. The summed E-state index contributed by atoms with van der Waals surface area (Å²) in [6.45, 7) is 15.5. The van der Waals surface area contributed by atoms with E-state index in [1.54, 1.807) is 28.3 Å². The van der Waals surface area contributed by atoms with Gasteiger partial charge in [0.25, 0.3) is 11.7 Å². The molecule has 2 saturated heterocycles. The number of amides is 1. The summed E-state index contributed by atoms with van der Waals surface area (Å²) in [7, 11) is 4.89. The fourth-order valence-corrected chi connectivity index (χ4v) is 10.3. The number of carbonyl (C=O) groups is 5. The average molecular weight is 896 g/mol. The van der Waals surface area contributed by atoms with Gasteiger partial charge in [-0.3, -0.25) is 19.2 Å². The standard InChI is InChI=1S/C52H81NO11/c1-32-18-13-12-14-19-33(2)45(61-10)30-42-24-23-38(7)52(59,64-42)49(56)50(57)53-25-16-15-22-43(53)51(58)63-46(36(5)28-40-20-17-21-41(29-40)60-9)31-44(54)35(4)27-34(3)39(8)48(62-11)47(55)37(6)26-32/h12-14,18-19,27,32,35-43,45-46,48,59H,15-17,20-26,28-31H2,1-11H3/b14-12+,18-13+,33-19+,34-27+/t32-,35-,36-,37-,38-,39-,40?,41+,42+,43+,45+,46+,48-,52-/m1/s1. The van der Waals surface area contributed by atoms with Crippen LogP contribution in [0.2, 0.25) is 0 Å². The van der Waals surface area contributed by atoms with E-state index in [0.29, 0.717) is 44.4 Å². The number of esters is 1. The molecule has 1 aliphatic carbocycles. The van der Waals surface area contributed by atoms with Crippen molar-refractivity contribution >= 4 is 29.2 Å². The predicted molar refractivity (Wildman–Crippen MR) is 247 cm³/mol. The highest BCUT2D eigenvalue weighted by Crippen LogP contribution is 2.38. The third-order valence-electron chi connectivity index (χ3n) is 14.8. The molecule has 0 radical (unpaired) electrons. The van der Waals surface area contributed by atoms with E-state index < -0.39 is 59.6 Å². The van der Waals surface area contributed by atoms with Crippen molar-refractivity contribution in [1.82, 2.24) is 4.90 Å². The Morgan fingerprint density at radius 3 is 2.25 bits per heavy atom. The molecular weight excluding hydrogens is 815 g/mol. The number of Topliss-reactive ketones (excluding diaryl/α,β-unsaturated/α-hetero) is 3. The maximum atomic E-state index is 14.4. The van der Waals surface area contributed by atoms with Crippen LogP contribution in [0.15, 0.2) is 47.6 Å². The molecule has 1 unspecified atom stereocenters. The van der Waals surface area contributed by atoms with Gasteiger partial charge in [-0.25, -0.2) is 4.79 Å². The first kappa shape index (κ1) is 53.3. The molecule has 0 aromatic carbocycles. The van der Waals surface area contributed by atoms with Gasteiger partial charge >= 0.3 is 5.97 Å². The van der Waals surface area contributed by atoms with Crippen molar-refractivity contribution in [2.75, 3.05) is 27.9 Å². The van der Waals surface area contributed by atoms with Gasteiger partial charge in [-0.05, 0) is 95.0 Å². The number of hydrogen-bond donors (Lipinski definition) is 1. The summed E-state index contributed by atoms with van der Waals surface area (Å²) >= 11 is 0. The number of hydrogen-bond acceptors (Lipinski definition) is 11. The lowest BCUT2D eigenvalue weighted by atomic mass is 9.79. The summed E-state index contributed by atoms with van der Waals surface area (Å²) in [5.74, 6) is -6.77. The summed E-state index contributed by atoms with van der Waals surface area (Å²) in [5, 5.41) is 11.9. The molecular formula is C52H81NO11. The Hall–Kier alpha value is -3.29. The minimum absolute atomic E-state index is 0.0108. The number of cyclic esters (lactones) is 1. The Morgan fingerprint density at radius 2 is 1.56 bits per heavy atom. The fourth-order valence-electron chi connectivity index (χ4n) is 10.3. The number of carbonyl (C=O) groups excluding carboxylic acids is 5. The number of methoxy groups -OCH3 is 3. The van der Waals surface area contributed by atoms with Crippen LogP contribution in [0.1, 0.15) is 139 Å². The lowest BCUT2D eigenvalue weighted by Crippen LogP contribution is -2.61. The van der Waals surface area contributed by atoms with Gasteiger partial charge in [0.15, 0.2) is 5.78 Å². The van der Waals surface area contributed by atoms with Crippen molar-refractivity contribution in [3.63, 3.8) is 0 Å². The molecule has 0 aromatic heterocycles. The van der Waals surface area contributed by atoms with Crippen molar-refractivity contribution < 1.29 is 52.8 Å². The average Bonchev–Trinajstić information content (AvgIpc) is 3.27. The van der Waals surface area contributed by atoms with Crippen LogP contribution in [0.5, 0.6) is 0 Å². The largest absolute Gasteiger partial charge is 0.460 e. The predicted octanol–water partition coefficient (Wildman–Crippen LogP) is 8.49. The van der Waals surface area contributed by atoms with Crippen molar-refractivity contribution in [2.45, 2.75) is 181 Å². The lowest BCUT2D eigenvalue weighted by Gasteiger charge is -2.42. The van der Waals surface area contributed by atoms with Crippen LogP contribution in [0.25, 0.3) is 0 Å². The fraction of sp³-hybridized carbons (Fsp3) is 0.750. The van der Waals surface area contributed by atoms with Crippen molar-refractivity contribution in [2.24, 2.45) is 41.4 Å². The molecule has 4 rings (SSSR count). The number of aliphatic hydroxyl groups is 1. The second-order valence-corrected chi connectivity index (χ2v) is 19.8. The number of nitrogens with zero attached hydrogens (tertiary/aromatic N) is 1. The lowest BCUT2D eigenvalue weighted by molar-refractivity contribution is -0.265. The van der Waals surface area contributed by atoms with E-state index in [1.807, 2.05) is 71.9 Å². The monoisotopic (exact) mass is 896 g/mol. The minimum Gasteiger partial charge on any atom is -0.460 e. The van der Waals surface area contributed by atoms with Gasteiger partial charge in [0.1, 0.15) is 24.0 Å². The molecule has 1 saturated carbocycles. The Morgan fingerprint density at radius 1 is 0.828 bits per heavy atom. The number of allylic oxidation sites excluding steroid dienone is 6. The molecule has 12 nitrogen and oxygen atoms in total. The van der Waals surface area contributed by atoms with E-state index >= 15 is 0 Å². The number of fused-ring (bicyclic) bond motifs is 3. The van der Waals surface area contributed by atoms with Gasteiger partial charge in [-0.1, -0.05) is 96.4 Å². The second-order valence-electron chi connectivity index (χ2n) is 19.8. The maximum Gasteiger partial charge on any atom is 0.329 e. The third-order valence-corrected chi connectivity index (χ3v) is 14.8. The highest BCUT2D eigenvalue weighted by atomic mass is 16.6. The molecule has 1 amide bonds. The number of rotatable bonds is 6. The first-order valence-electron chi connectivity index (χ1n) is 24.2. The van der Waals surface area contributed by atoms with E-state index in [0.717, 1.165) is 43.3 Å². The summed E-state index contributed by atoms with van der Waals surface area (Å²) in [6, 6.07) is -1.07. The van der Waals surface area contributed by atoms with Crippen molar-refractivity contribution in [3.05, 3.63) is 47.6 Å². The molecule has 0 spiro atoms. The van der Waals surface area contributed by atoms with Crippen LogP contribution in [0.3, 0.4) is 0 Å². The highest BCUT2D eigenvalue weighted by molar-refractivity contribution is 6.39. The van der Waals surface area contributed by atoms with Crippen LogP contribution < -0.4 is 0 Å². The van der Waals surface area contributed by atoms with Crippen LogP contribution in [-0.4, -0.2) is 109 Å². The van der Waals surface area contributed by atoms with E-state index in [1.165, 1.54) is 4.90 Å². The smallest absolute Gasteiger partial charge is 0.329 e. The summed E-state index contributed by atoms with van der Waals surface area (Å²) in [5.41, 5.74) is 1.77. The minimum atomic E-state index is -2.39. The van der Waals surface area contributed by atoms with E-state index in [9.17, 15) is 29.1 Å². The van der Waals surface area contributed by atoms with Crippen LogP contribution >= 0.6 is 0 Å². The molecule has 3 heterocycles. The summed E-state index contributed by atoms with van der Waals surface area (Å²) in [6.07, 6.45) is 17.5. The van der Waals surface area contributed by atoms with E-state index in [-0.39, 0.29) is 66.8 Å². The Balaban J connectivity index is 1.70. The molecule has 64 heavy (non-hydrogen) atoms. The van der Waals surface area contributed by atoms with E-state index in [2.05, 4.69) is 13.0 Å². The van der Waals surface area contributed by atoms with Crippen LogP contribution in [0.4, 0.5) is 0 Å². The zero-order valence-corrected chi connectivity index (χ0v) is 40.8. The van der Waals surface area contributed by atoms with Crippen molar-refractivity contribution in [3.8, 4) is 0 Å². The molecule has 0 aromatic rings. The van der Waals surface area contributed by atoms with Crippen LogP contribution in [0, 0.1) is 41.4 Å². The Kier molecular flexibility index (Phi) is 20.8. The molecule has 4 aliphatic rings. The van der Waals surface area contributed by atoms with Gasteiger partial charge in [0.05, 0.1) is 18.3 Å². The quantitative estimate of drug-likeness (QED) is 0.155. The first-order valence-corrected chi connectivity index (χ1v) is 24.2. The number of ketones is 3. The van der Waals surface area contributed by atoms with Gasteiger partial charge < -0.3 is 33.7 Å². The molecule has 2 bridgehead atoms. The first-order chi connectivity index (χ1) is 30.3. The third kappa shape index (κ3) is 14.1. The van der Waals surface area contributed by atoms with Crippen LogP contribution in [-0.2, 0) is 47.7 Å². The molecule has 3 aliphatic heterocycles. The second kappa shape index (κ2) is 25.0. The van der Waals surface area contributed by atoms with E-state index in [4.69, 9.17) is 23.7 Å². The molecule has 12 heteroatoms. The molecule has 14 atom stereocenters.